The van der Waals surface area contributed by atoms with Crippen LogP contribution in [0.15, 0.2) is 24.9 Å². The van der Waals surface area contributed by atoms with Crippen molar-refractivity contribution in [3.63, 3.8) is 0 Å². The molecule has 0 aromatic carbocycles. The third kappa shape index (κ3) is 2.20. The van der Waals surface area contributed by atoms with Crippen molar-refractivity contribution < 1.29 is 0 Å². The van der Waals surface area contributed by atoms with E-state index in [2.05, 4.69) is 25.3 Å². The Bertz CT molecular complexity index is 383. The molecular weight excluding hydrogens is 202 g/mol. The zero-order valence-electron chi connectivity index (χ0n) is 7.24. The SMILES string of the molecule is Clc1cnc(NCc2cnc[nH]2)nc1. The standard InChI is InChI=1S/C8H8ClN5/c9-6-1-11-8(12-2-6)13-4-7-3-10-5-14-7/h1-3,5H,4H2,(H,10,14)(H,11,12,13). The summed E-state index contributed by atoms with van der Waals surface area (Å²) in [5, 5.41) is 3.55. The minimum Gasteiger partial charge on any atom is -0.349 e. The molecule has 14 heavy (non-hydrogen) atoms. The molecule has 2 N–H and O–H groups in total. The van der Waals surface area contributed by atoms with Crippen LogP contribution in [0.4, 0.5) is 5.95 Å². The van der Waals surface area contributed by atoms with Crippen molar-refractivity contribution in [3.8, 4) is 0 Å². The molecule has 0 saturated heterocycles. The number of rotatable bonds is 3. The number of hydrogen-bond acceptors (Lipinski definition) is 4. The van der Waals surface area contributed by atoms with E-state index in [-0.39, 0.29) is 0 Å². The molecule has 2 aromatic rings. The zero-order valence-corrected chi connectivity index (χ0v) is 7.99. The van der Waals surface area contributed by atoms with Gasteiger partial charge in [0.1, 0.15) is 0 Å². The fourth-order valence-electron chi connectivity index (χ4n) is 0.959. The lowest BCUT2D eigenvalue weighted by Crippen LogP contribution is -2.03. The predicted octanol–water partition coefficient (Wildman–Crippen LogP) is 1.47. The number of H-pyrrole nitrogens is 1. The van der Waals surface area contributed by atoms with Crippen molar-refractivity contribution in [2.24, 2.45) is 0 Å². The van der Waals surface area contributed by atoms with Crippen LogP contribution in [-0.4, -0.2) is 19.9 Å². The number of nitrogens with zero attached hydrogens (tertiary/aromatic N) is 3. The second kappa shape index (κ2) is 4.06. The van der Waals surface area contributed by atoms with Gasteiger partial charge in [-0.15, -0.1) is 0 Å². The third-order valence-corrected chi connectivity index (χ3v) is 1.81. The summed E-state index contributed by atoms with van der Waals surface area (Å²) in [5.74, 6) is 0.545. The van der Waals surface area contributed by atoms with Crippen molar-refractivity contribution in [1.29, 1.82) is 0 Å². The van der Waals surface area contributed by atoms with E-state index in [1.54, 1.807) is 24.9 Å². The molecule has 0 amide bonds. The highest BCUT2D eigenvalue weighted by Crippen LogP contribution is 2.06. The number of aromatic amines is 1. The summed E-state index contributed by atoms with van der Waals surface area (Å²) in [4.78, 5) is 14.8. The fourth-order valence-corrected chi connectivity index (χ4v) is 1.06. The summed E-state index contributed by atoms with van der Waals surface area (Å²) in [5.41, 5.74) is 0.976. The first-order chi connectivity index (χ1) is 6.84. The lowest BCUT2D eigenvalue weighted by atomic mass is 10.5. The number of anilines is 1. The molecular formula is C8H8ClN5. The van der Waals surface area contributed by atoms with E-state index < -0.39 is 0 Å². The Labute approximate surface area is 85.6 Å². The van der Waals surface area contributed by atoms with Crippen molar-refractivity contribution in [2.45, 2.75) is 6.54 Å². The maximum Gasteiger partial charge on any atom is 0.222 e. The highest BCUT2D eigenvalue weighted by atomic mass is 35.5. The Morgan fingerprint density at radius 1 is 1.29 bits per heavy atom. The first-order valence-corrected chi connectivity index (χ1v) is 4.41. The number of nitrogens with one attached hydrogen (secondary N) is 2. The van der Waals surface area contributed by atoms with Gasteiger partial charge >= 0.3 is 0 Å². The molecule has 0 spiro atoms. The largest absolute Gasteiger partial charge is 0.349 e. The molecule has 0 bridgehead atoms. The average Bonchev–Trinajstić information content (AvgIpc) is 2.70. The lowest BCUT2D eigenvalue weighted by molar-refractivity contribution is 1.02. The molecule has 2 rings (SSSR count). The second-order valence-corrected chi connectivity index (χ2v) is 3.09. The van der Waals surface area contributed by atoms with Gasteiger partial charge in [0, 0.05) is 6.20 Å². The zero-order chi connectivity index (χ0) is 9.80. The molecule has 0 aliphatic heterocycles. The minimum absolute atomic E-state index is 0.525. The fraction of sp³-hybridized carbons (Fsp3) is 0.125. The van der Waals surface area contributed by atoms with Crippen molar-refractivity contribution in [3.05, 3.63) is 35.6 Å². The van der Waals surface area contributed by atoms with Gasteiger partial charge in [-0.05, 0) is 0 Å². The van der Waals surface area contributed by atoms with Gasteiger partial charge in [0.15, 0.2) is 0 Å². The van der Waals surface area contributed by atoms with Gasteiger partial charge < -0.3 is 10.3 Å². The molecule has 0 unspecified atom stereocenters. The molecule has 2 heterocycles. The highest BCUT2D eigenvalue weighted by Gasteiger charge is 1.96. The van der Waals surface area contributed by atoms with E-state index in [0.717, 1.165) is 5.69 Å². The van der Waals surface area contributed by atoms with Crippen LogP contribution in [-0.2, 0) is 6.54 Å². The first-order valence-electron chi connectivity index (χ1n) is 4.03. The molecule has 2 aromatic heterocycles. The molecule has 0 radical (unpaired) electrons. The van der Waals surface area contributed by atoms with Gasteiger partial charge in [-0.1, -0.05) is 11.6 Å². The molecule has 72 valence electrons. The summed E-state index contributed by atoms with van der Waals surface area (Å²) in [6.07, 6.45) is 6.45. The van der Waals surface area contributed by atoms with E-state index >= 15 is 0 Å². The number of hydrogen-bond donors (Lipinski definition) is 2. The molecule has 0 atom stereocenters. The Balaban J connectivity index is 1.95. The number of aromatic nitrogens is 4. The molecule has 0 aliphatic carbocycles. The van der Waals surface area contributed by atoms with Gasteiger partial charge in [-0.2, -0.15) is 0 Å². The van der Waals surface area contributed by atoms with Crippen molar-refractivity contribution >= 4 is 17.5 Å². The van der Waals surface area contributed by atoms with Crippen molar-refractivity contribution in [2.75, 3.05) is 5.32 Å². The van der Waals surface area contributed by atoms with Crippen LogP contribution < -0.4 is 5.32 Å². The highest BCUT2D eigenvalue weighted by molar-refractivity contribution is 6.30. The van der Waals surface area contributed by atoms with Crippen LogP contribution in [0.2, 0.25) is 5.02 Å². The number of halogens is 1. The van der Waals surface area contributed by atoms with Crippen molar-refractivity contribution in [1.82, 2.24) is 19.9 Å². The first kappa shape index (κ1) is 8.96. The quantitative estimate of drug-likeness (QED) is 0.804. The molecule has 0 fully saturated rings. The smallest absolute Gasteiger partial charge is 0.222 e. The molecule has 0 saturated carbocycles. The summed E-state index contributed by atoms with van der Waals surface area (Å²) >= 11 is 5.64. The van der Waals surface area contributed by atoms with Gasteiger partial charge in [0.25, 0.3) is 0 Å². The Hall–Kier alpha value is -1.62. The van der Waals surface area contributed by atoms with E-state index in [0.29, 0.717) is 17.5 Å². The van der Waals surface area contributed by atoms with Crippen LogP contribution in [0.25, 0.3) is 0 Å². The molecule has 5 nitrogen and oxygen atoms in total. The average molecular weight is 210 g/mol. The van der Waals surface area contributed by atoms with Crippen LogP contribution in [0.3, 0.4) is 0 Å². The maximum atomic E-state index is 5.64. The van der Waals surface area contributed by atoms with E-state index in [1.807, 2.05) is 0 Å². The van der Waals surface area contributed by atoms with Crippen LogP contribution in [0.5, 0.6) is 0 Å². The summed E-state index contributed by atoms with van der Waals surface area (Å²) < 4.78 is 0. The maximum absolute atomic E-state index is 5.64. The lowest BCUT2D eigenvalue weighted by Gasteiger charge is -2.01. The van der Waals surface area contributed by atoms with Gasteiger partial charge in [0.2, 0.25) is 5.95 Å². The van der Waals surface area contributed by atoms with E-state index in [1.165, 1.54) is 0 Å². The Morgan fingerprint density at radius 3 is 2.71 bits per heavy atom. The van der Waals surface area contributed by atoms with Crippen LogP contribution in [0, 0.1) is 0 Å². The van der Waals surface area contributed by atoms with Gasteiger partial charge in [-0.25, -0.2) is 15.0 Å². The van der Waals surface area contributed by atoms with Crippen LogP contribution in [0.1, 0.15) is 5.69 Å². The third-order valence-electron chi connectivity index (χ3n) is 1.61. The van der Waals surface area contributed by atoms with E-state index in [4.69, 9.17) is 11.6 Å². The molecule has 6 heteroatoms. The summed E-state index contributed by atoms with van der Waals surface area (Å²) in [7, 11) is 0. The van der Waals surface area contributed by atoms with Crippen LogP contribution >= 0.6 is 11.6 Å². The van der Waals surface area contributed by atoms with Gasteiger partial charge in [0.05, 0.1) is 36.0 Å². The number of imidazole rings is 1. The Morgan fingerprint density at radius 2 is 2.07 bits per heavy atom. The predicted molar refractivity (Wildman–Crippen MR) is 53.0 cm³/mol. The van der Waals surface area contributed by atoms with Gasteiger partial charge in [-0.3, -0.25) is 0 Å². The Kier molecular flexibility index (Phi) is 2.60. The summed E-state index contributed by atoms with van der Waals surface area (Å²) in [6.45, 7) is 0.613. The topological polar surface area (TPSA) is 66.5 Å². The van der Waals surface area contributed by atoms with E-state index in [9.17, 15) is 0 Å². The normalized spacial score (nSPS) is 10.1. The minimum atomic E-state index is 0.525. The molecule has 0 aliphatic rings. The second-order valence-electron chi connectivity index (χ2n) is 2.66. The monoisotopic (exact) mass is 209 g/mol. The summed E-state index contributed by atoms with van der Waals surface area (Å²) in [6, 6.07) is 0.